The largest absolute Gasteiger partial charge is 0.493 e. The van der Waals surface area contributed by atoms with E-state index in [0.29, 0.717) is 17.9 Å². The zero-order chi connectivity index (χ0) is 14.8. The molecule has 1 fully saturated rings. The summed E-state index contributed by atoms with van der Waals surface area (Å²) >= 11 is 6.42. The number of hydrogen-bond acceptors (Lipinski definition) is 4. The molecular formula is C14H19ClO4S. The van der Waals surface area contributed by atoms with E-state index in [0.717, 1.165) is 18.4 Å². The van der Waals surface area contributed by atoms with Crippen LogP contribution in [0.3, 0.4) is 0 Å². The van der Waals surface area contributed by atoms with Crippen molar-refractivity contribution in [2.24, 2.45) is 0 Å². The molecule has 1 aromatic rings. The number of benzene rings is 1. The molecule has 6 heteroatoms. The molecule has 0 spiro atoms. The minimum Gasteiger partial charge on any atom is -0.493 e. The molecule has 0 amide bonds. The van der Waals surface area contributed by atoms with Crippen molar-refractivity contribution in [1.82, 2.24) is 0 Å². The molecule has 0 bridgehead atoms. The third-order valence-electron chi connectivity index (χ3n) is 3.68. The van der Waals surface area contributed by atoms with Crippen LogP contribution in [0.5, 0.6) is 11.5 Å². The topological polar surface area (TPSA) is 52.6 Å². The van der Waals surface area contributed by atoms with Gasteiger partial charge in [-0.15, -0.1) is 11.6 Å². The lowest BCUT2D eigenvalue weighted by Gasteiger charge is -2.26. The number of rotatable bonds is 4. The Hall–Kier alpha value is -0.940. The van der Waals surface area contributed by atoms with Crippen LogP contribution in [0, 0.1) is 0 Å². The van der Waals surface area contributed by atoms with Crippen LogP contribution in [0.15, 0.2) is 18.2 Å². The Balaban J connectivity index is 2.31. The molecule has 1 aromatic carbocycles. The summed E-state index contributed by atoms with van der Waals surface area (Å²) in [6.07, 6.45) is 2.25. The van der Waals surface area contributed by atoms with Gasteiger partial charge in [-0.1, -0.05) is 12.5 Å². The van der Waals surface area contributed by atoms with E-state index in [1.807, 2.05) is 0 Å². The van der Waals surface area contributed by atoms with Gasteiger partial charge in [-0.25, -0.2) is 8.42 Å². The molecule has 0 aromatic heterocycles. The first-order chi connectivity index (χ1) is 9.49. The Bertz CT molecular complexity index is 571. The average Bonchev–Trinajstić information content (AvgIpc) is 2.45. The summed E-state index contributed by atoms with van der Waals surface area (Å²) in [4.78, 5) is 0. The molecule has 0 N–H and O–H groups in total. The molecule has 2 unspecified atom stereocenters. The van der Waals surface area contributed by atoms with Crippen molar-refractivity contribution in [3.63, 3.8) is 0 Å². The Morgan fingerprint density at radius 2 is 1.90 bits per heavy atom. The van der Waals surface area contributed by atoms with Crippen molar-refractivity contribution in [3.05, 3.63) is 23.8 Å². The zero-order valence-corrected chi connectivity index (χ0v) is 13.2. The van der Waals surface area contributed by atoms with Gasteiger partial charge in [0.2, 0.25) is 0 Å². The summed E-state index contributed by atoms with van der Waals surface area (Å²) in [5.74, 6) is 1.39. The van der Waals surface area contributed by atoms with Gasteiger partial charge in [0, 0.05) is 0 Å². The van der Waals surface area contributed by atoms with Crippen molar-refractivity contribution >= 4 is 21.4 Å². The first-order valence-electron chi connectivity index (χ1n) is 6.57. The highest BCUT2D eigenvalue weighted by molar-refractivity contribution is 7.92. The van der Waals surface area contributed by atoms with Gasteiger partial charge in [-0.3, -0.25) is 0 Å². The number of hydrogen-bond donors (Lipinski definition) is 0. The van der Waals surface area contributed by atoms with Gasteiger partial charge in [0.1, 0.15) is 0 Å². The van der Waals surface area contributed by atoms with Gasteiger partial charge in [0.05, 0.1) is 30.6 Å². The molecule has 1 heterocycles. The summed E-state index contributed by atoms with van der Waals surface area (Å²) in [5, 5.41) is -1.07. The number of sulfone groups is 1. The molecular weight excluding hydrogens is 300 g/mol. The van der Waals surface area contributed by atoms with Crippen LogP contribution in [-0.4, -0.2) is 33.6 Å². The predicted octanol–water partition coefficient (Wildman–Crippen LogP) is 2.95. The predicted molar refractivity (Wildman–Crippen MR) is 79.6 cm³/mol. The second-order valence-electron chi connectivity index (χ2n) is 4.92. The Kier molecular flexibility index (Phi) is 4.81. The normalized spacial score (nSPS) is 23.1. The van der Waals surface area contributed by atoms with Crippen LogP contribution in [-0.2, 0) is 9.84 Å². The van der Waals surface area contributed by atoms with Gasteiger partial charge < -0.3 is 9.47 Å². The van der Waals surface area contributed by atoms with Gasteiger partial charge in [0.25, 0.3) is 0 Å². The molecule has 2 atom stereocenters. The molecule has 0 radical (unpaired) electrons. The molecule has 2 rings (SSSR count). The van der Waals surface area contributed by atoms with Gasteiger partial charge in [-0.05, 0) is 30.5 Å². The van der Waals surface area contributed by atoms with Crippen molar-refractivity contribution < 1.29 is 17.9 Å². The average molecular weight is 319 g/mol. The van der Waals surface area contributed by atoms with E-state index in [9.17, 15) is 8.42 Å². The molecule has 1 aliphatic heterocycles. The summed E-state index contributed by atoms with van der Waals surface area (Å²) < 4.78 is 34.7. The fourth-order valence-electron chi connectivity index (χ4n) is 2.55. The number of ether oxygens (including phenoxy) is 2. The maximum Gasteiger partial charge on any atom is 0.161 e. The van der Waals surface area contributed by atoms with Gasteiger partial charge in [-0.2, -0.15) is 0 Å². The third-order valence-corrected chi connectivity index (χ3v) is 6.67. The van der Waals surface area contributed by atoms with Crippen molar-refractivity contribution in [1.29, 1.82) is 0 Å². The highest BCUT2D eigenvalue weighted by Gasteiger charge is 2.35. The molecule has 0 aliphatic carbocycles. The van der Waals surface area contributed by atoms with Crippen molar-refractivity contribution in [2.45, 2.75) is 29.9 Å². The highest BCUT2D eigenvalue weighted by atomic mass is 35.5. The molecule has 112 valence electrons. The Labute approximate surface area is 125 Å². The smallest absolute Gasteiger partial charge is 0.161 e. The quantitative estimate of drug-likeness (QED) is 0.801. The maximum atomic E-state index is 12.1. The second-order valence-corrected chi connectivity index (χ2v) is 7.73. The fraction of sp³-hybridized carbons (Fsp3) is 0.571. The maximum absolute atomic E-state index is 12.1. The van der Waals surface area contributed by atoms with E-state index in [1.165, 1.54) is 0 Å². The lowest BCUT2D eigenvalue weighted by molar-refractivity contribution is 0.354. The lowest BCUT2D eigenvalue weighted by Crippen LogP contribution is -2.31. The number of halogens is 1. The molecule has 0 saturated carbocycles. The van der Waals surface area contributed by atoms with E-state index in [4.69, 9.17) is 21.1 Å². The van der Waals surface area contributed by atoms with Gasteiger partial charge in [0.15, 0.2) is 21.3 Å². The molecule has 4 nitrogen and oxygen atoms in total. The molecule has 1 aliphatic rings. The van der Waals surface area contributed by atoms with E-state index in [1.54, 1.807) is 32.4 Å². The molecule has 1 saturated heterocycles. The highest BCUT2D eigenvalue weighted by Crippen LogP contribution is 2.38. The standard InChI is InChI=1S/C14H19ClO4S/c1-18-11-7-6-10(9-12(11)19-2)14(15)13-5-3-4-8-20(13,16)17/h6-7,9,13-14H,3-5,8H2,1-2H3. The van der Waals surface area contributed by atoms with Crippen LogP contribution < -0.4 is 9.47 Å². The lowest BCUT2D eigenvalue weighted by atomic mass is 10.0. The Morgan fingerprint density at radius 3 is 2.50 bits per heavy atom. The first kappa shape index (κ1) is 15.4. The number of alkyl halides is 1. The van der Waals surface area contributed by atoms with Gasteiger partial charge >= 0.3 is 0 Å². The van der Waals surface area contributed by atoms with E-state index in [-0.39, 0.29) is 5.75 Å². The monoisotopic (exact) mass is 318 g/mol. The van der Waals surface area contributed by atoms with E-state index < -0.39 is 20.5 Å². The van der Waals surface area contributed by atoms with E-state index >= 15 is 0 Å². The second kappa shape index (κ2) is 6.22. The van der Waals surface area contributed by atoms with Crippen LogP contribution in [0.2, 0.25) is 0 Å². The summed E-state index contributed by atoms with van der Waals surface area (Å²) in [6.45, 7) is 0. The fourth-order valence-corrected chi connectivity index (χ4v) is 5.24. The van der Waals surface area contributed by atoms with Crippen LogP contribution in [0.25, 0.3) is 0 Å². The Morgan fingerprint density at radius 1 is 1.20 bits per heavy atom. The van der Waals surface area contributed by atoms with Crippen LogP contribution >= 0.6 is 11.6 Å². The van der Waals surface area contributed by atoms with Crippen molar-refractivity contribution in [2.75, 3.05) is 20.0 Å². The third kappa shape index (κ3) is 3.04. The zero-order valence-electron chi connectivity index (χ0n) is 11.6. The van der Waals surface area contributed by atoms with E-state index in [2.05, 4.69) is 0 Å². The SMILES string of the molecule is COc1ccc(C(Cl)C2CCCCS2(=O)=O)cc1OC. The first-order valence-corrected chi connectivity index (χ1v) is 8.72. The summed E-state index contributed by atoms with van der Waals surface area (Å²) in [7, 11) is -0.00948. The minimum atomic E-state index is -3.11. The summed E-state index contributed by atoms with van der Waals surface area (Å²) in [6, 6.07) is 5.29. The minimum absolute atomic E-state index is 0.230. The van der Waals surface area contributed by atoms with Crippen molar-refractivity contribution in [3.8, 4) is 11.5 Å². The summed E-state index contributed by atoms with van der Waals surface area (Å²) in [5.41, 5.74) is 0.750. The van der Waals surface area contributed by atoms with Crippen LogP contribution in [0.1, 0.15) is 30.2 Å². The number of methoxy groups -OCH3 is 2. The van der Waals surface area contributed by atoms with Crippen LogP contribution in [0.4, 0.5) is 0 Å². The molecule has 20 heavy (non-hydrogen) atoms.